The summed E-state index contributed by atoms with van der Waals surface area (Å²) in [6.45, 7) is 0.556. The fourth-order valence-electron chi connectivity index (χ4n) is 1.16. The van der Waals surface area contributed by atoms with Crippen LogP contribution in [0.2, 0.25) is 0 Å². The Kier molecular flexibility index (Phi) is 1.37. The quantitative estimate of drug-likeness (QED) is 0.365. The number of ether oxygens (including phenoxy) is 1. The molecule has 0 radical (unpaired) electrons. The lowest BCUT2D eigenvalue weighted by atomic mass is 10.3. The summed E-state index contributed by atoms with van der Waals surface area (Å²) in [6, 6.07) is 0. The molecule has 64 valence electrons. The summed E-state index contributed by atoms with van der Waals surface area (Å²) in [4.78, 5) is 10.0. The molecule has 0 bridgehead atoms. The van der Waals surface area contributed by atoms with Crippen LogP contribution in [0.1, 0.15) is 11.8 Å². The number of aromatic nitrogens is 2. The van der Waals surface area contributed by atoms with Crippen LogP contribution in [-0.2, 0) is 11.8 Å². The smallest absolute Gasteiger partial charge is 0.312 e. The van der Waals surface area contributed by atoms with Crippen LogP contribution >= 0.6 is 0 Å². The second-order valence-corrected chi connectivity index (χ2v) is 2.62. The average molecular weight is 169 g/mol. The van der Waals surface area contributed by atoms with E-state index in [9.17, 15) is 10.1 Å². The molecule has 0 aliphatic carbocycles. The van der Waals surface area contributed by atoms with Gasteiger partial charge in [0.25, 0.3) is 0 Å². The van der Waals surface area contributed by atoms with Crippen LogP contribution < -0.4 is 0 Å². The predicted molar refractivity (Wildman–Crippen MR) is 38.6 cm³/mol. The molecule has 1 aliphatic heterocycles. The van der Waals surface area contributed by atoms with Gasteiger partial charge in [-0.05, 0) is 0 Å². The normalized spacial score (nSPS) is 20.9. The molecule has 0 aromatic carbocycles. The highest BCUT2D eigenvalue weighted by atomic mass is 16.6. The van der Waals surface area contributed by atoms with Gasteiger partial charge in [-0.3, -0.25) is 14.8 Å². The standard InChI is InChI=1S/C6H7N3O3/c1-8-6(5-3-12-5)4(2-7-8)9(10)11/h2,5H,3H2,1H3/t5-/m1/s1. The van der Waals surface area contributed by atoms with E-state index < -0.39 is 4.92 Å². The van der Waals surface area contributed by atoms with E-state index in [0.717, 1.165) is 0 Å². The summed E-state index contributed by atoms with van der Waals surface area (Å²) in [6.07, 6.45) is 1.12. The first-order valence-corrected chi connectivity index (χ1v) is 3.48. The van der Waals surface area contributed by atoms with Crippen molar-refractivity contribution < 1.29 is 9.66 Å². The monoisotopic (exact) mass is 169 g/mol. The molecule has 6 nitrogen and oxygen atoms in total. The zero-order valence-corrected chi connectivity index (χ0v) is 6.43. The van der Waals surface area contributed by atoms with Crippen molar-refractivity contribution in [3.63, 3.8) is 0 Å². The van der Waals surface area contributed by atoms with Crippen molar-refractivity contribution in [2.75, 3.05) is 6.61 Å². The van der Waals surface area contributed by atoms with Crippen molar-refractivity contribution in [1.82, 2.24) is 9.78 Å². The van der Waals surface area contributed by atoms with Gasteiger partial charge in [0.05, 0.1) is 11.5 Å². The molecule has 0 N–H and O–H groups in total. The third-order valence-corrected chi connectivity index (χ3v) is 1.80. The highest BCUT2D eigenvalue weighted by Crippen LogP contribution is 2.35. The number of hydrogen-bond acceptors (Lipinski definition) is 4. The molecule has 0 saturated carbocycles. The topological polar surface area (TPSA) is 73.5 Å². The number of nitrogens with zero attached hydrogens (tertiary/aromatic N) is 3. The summed E-state index contributed by atoms with van der Waals surface area (Å²) < 4.78 is 6.44. The number of aryl methyl sites for hydroxylation is 1. The number of hydrogen-bond donors (Lipinski definition) is 0. The van der Waals surface area contributed by atoms with Gasteiger partial charge >= 0.3 is 5.69 Å². The minimum absolute atomic E-state index is 0.0417. The molecule has 0 unspecified atom stereocenters. The Bertz CT molecular complexity index is 329. The Hall–Kier alpha value is -1.43. The lowest BCUT2D eigenvalue weighted by molar-refractivity contribution is -0.385. The maximum Gasteiger partial charge on any atom is 0.312 e. The lowest BCUT2D eigenvalue weighted by Gasteiger charge is -1.94. The third-order valence-electron chi connectivity index (χ3n) is 1.80. The molecule has 0 amide bonds. The van der Waals surface area contributed by atoms with E-state index in [1.807, 2.05) is 0 Å². The Morgan fingerprint density at radius 2 is 2.58 bits per heavy atom. The van der Waals surface area contributed by atoms with Crippen LogP contribution in [-0.4, -0.2) is 21.3 Å². The molecule has 1 saturated heterocycles. The van der Waals surface area contributed by atoms with Gasteiger partial charge in [-0.2, -0.15) is 5.10 Å². The van der Waals surface area contributed by atoms with E-state index in [-0.39, 0.29) is 11.8 Å². The van der Waals surface area contributed by atoms with E-state index in [2.05, 4.69) is 5.10 Å². The third kappa shape index (κ3) is 0.964. The molecule has 0 spiro atoms. The van der Waals surface area contributed by atoms with Crippen molar-refractivity contribution in [1.29, 1.82) is 0 Å². The molecule has 6 heteroatoms. The second kappa shape index (κ2) is 2.28. The van der Waals surface area contributed by atoms with E-state index in [4.69, 9.17) is 4.74 Å². The van der Waals surface area contributed by atoms with E-state index in [1.54, 1.807) is 7.05 Å². The average Bonchev–Trinajstić information content (AvgIpc) is 2.75. The van der Waals surface area contributed by atoms with Crippen LogP contribution in [0.25, 0.3) is 0 Å². The molecule has 2 rings (SSSR count). The largest absolute Gasteiger partial charge is 0.366 e. The summed E-state index contributed by atoms with van der Waals surface area (Å²) in [5.74, 6) is 0. The molecule has 1 fully saturated rings. The van der Waals surface area contributed by atoms with Crippen LogP contribution in [0, 0.1) is 10.1 Å². The molecule has 1 aromatic heterocycles. The van der Waals surface area contributed by atoms with Gasteiger partial charge in [0, 0.05) is 7.05 Å². The molecule has 2 heterocycles. The molecule has 1 aliphatic rings. The Morgan fingerprint density at radius 3 is 3.08 bits per heavy atom. The lowest BCUT2D eigenvalue weighted by Crippen LogP contribution is -1.99. The highest BCUT2D eigenvalue weighted by molar-refractivity contribution is 5.36. The zero-order chi connectivity index (χ0) is 8.72. The van der Waals surface area contributed by atoms with Crippen molar-refractivity contribution >= 4 is 5.69 Å². The Balaban J connectivity index is 2.46. The summed E-state index contributed by atoms with van der Waals surface area (Å²) >= 11 is 0. The Labute approximate surface area is 67.9 Å². The SMILES string of the molecule is Cn1ncc([N+](=O)[O-])c1[C@H]1CO1. The maximum atomic E-state index is 10.5. The fraction of sp³-hybridized carbons (Fsp3) is 0.500. The van der Waals surface area contributed by atoms with E-state index in [1.165, 1.54) is 10.9 Å². The van der Waals surface area contributed by atoms with Crippen LogP contribution in [0.4, 0.5) is 5.69 Å². The van der Waals surface area contributed by atoms with Crippen LogP contribution in [0.3, 0.4) is 0 Å². The van der Waals surface area contributed by atoms with Gasteiger partial charge in [0.2, 0.25) is 0 Å². The summed E-state index contributed by atoms with van der Waals surface area (Å²) in [5.41, 5.74) is 0.597. The first-order valence-electron chi connectivity index (χ1n) is 3.48. The Morgan fingerprint density at radius 1 is 1.92 bits per heavy atom. The predicted octanol–water partition coefficient (Wildman–Crippen LogP) is 0.400. The summed E-state index contributed by atoms with van der Waals surface area (Å²) in [7, 11) is 1.67. The summed E-state index contributed by atoms with van der Waals surface area (Å²) in [5, 5.41) is 14.3. The van der Waals surface area contributed by atoms with Crippen molar-refractivity contribution in [2.45, 2.75) is 6.10 Å². The number of rotatable bonds is 2. The highest BCUT2D eigenvalue weighted by Gasteiger charge is 2.35. The van der Waals surface area contributed by atoms with Crippen LogP contribution in [0.5, 0.6) is 0 Å². The van der Waals surface area contributed by atoms with Crippen molar-refractivity contribution in [3.8, 4) is 0 Å². The first kappa shape index (κ1) is 7.23. The van der Waals surface area contributed by atoms with E-state index in [0.29, 0.717) is 12.3 Å². The zero-order valence-electron chi connectivity index (χ0n) is 6.43. The minimum Gasteiger partial charge on any atom is -0.366 e. The molecule has 1 atom stereocenters. The van der Waals surface area contributed by atoms with Gasteiger partial charge in [0.15, 0.2) is 0 Å². The van der Waals surface area contributed by atoms with Crippen LogP contribution in [0.15, 0.2) is 6.20 Å². The van der Waals surface area contributed by atoms with Gasteiger partial charge in [-0.15, -0.1) is 0 Å². The van der Waals surface area contributed by atoms with Gasteiger partial charge in [-0.25, -0.2) is 0 Å². The first-order chi connectivity index (χ1) is 5.70. The van der Waals surface area contributed by atoms with Crippen molar-refractivity contribution in [3.05, 3.63) is 22.0 Å². The molecular weight excluding hydrogens is 162 g/mol. The van der Waals surface area contributed by atoms with E-state index >= 15 is 0 Å². The van der Waals surface area contributed by atoms with Gasteiger partial charge < -0.3 is 4.74 Å². The maximum absolute atomic E-state index is 10.5. The van der Waals surface area contributed by atoms with Crippen molar-refractivity contribution in [2.24, 2.45) is 7.05 Å². The second-order valence-electron chi connectivity index (χ2n) is 2.62. The number of epoxide rings is 1. The fourth-order valence-corrected chi connectivity index (χ4v) is 1.16. The number of nitro groups is 1. The molecule has 1 aromatic rings. The molecule has 12 heavy (non-hydrogen) atoms. The minimum atomic E-state index is -0.440. The van der Waals surface area contributed by atoms with Gasteiger partial charge in [-0.1, -0.05) is 0 Å². The molecular formula is C6H7N3O3. The van der Waals surface area contributed by atoms with Gasteiger partial charge in [0.1, 0.15) is 18.0 Å².